The van der Waals surface area contributed by atoms with Crippen LogP contribution in [0.3, 0.4) is 0 Å². The van der Waals surface area contributed by atoms with Crippen molar-refractivity contribution >= 4 is 72.4 Å². The number of imide groups is 2. The second-order valence-corrected chi connectivity index (χ2v) is 31.6. The maximum Gasteiger partial charge on any atom is 0.266 e. The van der Waals surface area contributed by atoms with Crippen molar-refractivity contribution in [3.8, 4) is 34.1 Å². The number of nitrogens with zero attached hydrogens (tertiary/aromatic N) is 2. The van der Waals surface area contributed by atoms with Crippen molar-refractivity contribution in [3.63, 3.8) is 0 Å². The first-order chi connectivity index (χ1) is 44.2. The zero-order valence-electron chi connectivity index (χ0n) is 58.3. The highest BCUT2D eigenvalue weighted by Crippen LogP contribution is 2.57. The van der Waals surface area contributed by atoms with Crippen LogP contribution in [0, 0.1) is 0 Å². The predicted molar refractivity (Wildman–Crippen MR) is 386 cm³/mol. The highest BCUT2D eigenvalue weighted by Gasteiger charge is 2.45. The maximum absolute atomic E-state index is 16.4. The number of rotatable bonds is 22. The molecule has 0 spiro atoms. The SMILES string of the molecule is CCCCCCCCN1C(=O)c2ccc3c4c(Oc5cc(C(C)(C)C)cc(C(C)(C)C)c5)cc5c6c(ccc(c7c(Oc8cc(C(C)(C)C)cc(C(C)(C)C)c8)cc(c2c37)C1=O)c64)C(=O)N(c1ccc2c(c1)C(CCCCCC)(CCCCCC)c1ccccc1-2)C5=O. The highest BCUT2D eigenvalue weighted by atomic mass is 16.5. The van der Waals surface area contributed by atoms with E-state index in [4.69, 9.17) is 9.47 Å². The molecule has 12 rings (SSSR count). The lowest BCUT2D eigenvalue weighted by Gasteiger charge is -2.34. The quantitative estimate of drug-likeness (QED) is 0.0290. The van der Waals surface area contributed by atoms with Crippen molar-refractivity contribution in [2.75, 3.05) is 11.4 Å². The molecular weight excluding hydrogens is 1140 g/mol. The average molecular weight is 1240 g/mol. The average Bonchev–Trinajstić information content (AvgIpc) is 1.21. The zero-order chi connectivity index (χ0) is 66.3. The van der Waals surface area contributed by atoms with Crippen molar-refractivity contribution < 1.29 is 28.7 Å². The molecule has 0 radical (unpaired) electrons. The molecule has 0 atom stereocenters. The van der Waals surface area contributed by atoms with Crippen molar-refractivity contribution in [1.82, 2.24) is 4.90 Å². The largest absolute Gasteiger partial charge is 0.457 e. The van der Waals surface area contributed by atoms with Gasteiger partial charge in [0.25, 0.3) is 23.6 Å². The lowest BCUT2D eigenvalue weighted by Crippen LogP contribution is -2.41. The molecule has 93 heavy (non-hydrogen) atoms. The number of hydrogen-bond donors (Lipinski definition) is 0. The summed E-state index contributed by atoms with van der Waals surface area (Å²) in [6.07, 6.45) is 17.1. The van der Waals surface area contributed by atoms with Crippen LogP contribution in [0.15, 0.2) is 115 Å². The Kier molecular flexibility index (Phi) is 17.4. The summed E-state index contributed by atoms with van der Waals surface area (Å²) in [5.74, 6) is 0.574. The van der Waals surface area contributed by atoms with Gasteiger partial charge in [-0.25, -0.2) is 4.90 Å². The fourth-order valence-electron chi connectivity index (χ4n) is 15.3. The first-order valence-electron chi connectivity index (χ1n) is 35.2. The number of fused-ring (bicyclic) bond motifs is 5. The van der Waals surface area contributed by atoms with Gasteiger partial charge in [0, 0.05) is 55.4 Å². The molecule has 3 aliphatic rings. The molecule has 1 aliphatic carbocycles. The van der Waals surface area contributed by atoms with Gasteiger partial charge in [0.1, 0.15) is 23.0 Å². The molecule has 0 bridgehead atoms. The summed E-state index contributed by atoms with van der Waals surface area (Å²) >= 11 is 0. The summed E-state index contributed by atoms with van der Waals surface area (Å²) in [5.41, 5.74) is 10.2. The van der Waals surface area contributed by atoms with Gasteiger partial charge in [-0.05, 0) is 157 Å². The number of carbonyl (C=O) groups excluding carboxylic acids is 4. The predicted octanol–water partition coefficient (Wildman–Crippen LogP) is 23.5. The summed E-state index contributed by atoms with van der Waals surface area (Å²) in [6, 6.07) is 39.6. The van der Waals surface area contributed by atoms with Crippen LogP contribution in [-0.2, 0) is 27.1 Å². The van der Waals surface area contributed by atoms with E-state index in [1.165, 1.54) is 44.9 Å². The first-order valence-corrected chi connectivity index (χ1v) is 35.2. The van der Waals surface area contributed by atoms with Gasteiger partial charge in [-0.3, -0.25) is 24.1 Å². The molecule has 9 aromatic carbocycles. The van der Waals surface area contributed by atoms with Gasteiger partial charge in [0.15, 0.2) is 0 Å². The molecule has 2 heterocycles. The Bertz CT molecular complexity index is 4360. The normalized spacial score (nSPS) is 14.8. The van der Waals surface area contributed by atoms with Gasteiger partial charge in [-0.2, -0.15) is 0 Å². The molecule has 0 N–H and O–H groups in total. The van der Waals surface area contributed by atoms with E-state index in [9.17, 15) is 0 Å². The maximum atomic E-state index is 16.4. The number of anilines is 1. The topological polar surface area (TPSA) is 93.2 Å². The molecule has 8 heteroatoms. The smallest absolute Gasteiger partial charge is 0.266 e. The van der Waals surface area contributed by atoms with Crippen LogP contribution in [0.4, 0.5) is 5.69 Å². The van der Waals surface area contributed by atoms with E-state index in [0.29, 0.717) is 107 Å². The lowest BCUT2D eigenvalue weighted by molar-refractivity contribution is 0.0606. The first kappa shape index (κ1) is 65.2. The molecule has 2 aliphatic heterocycles. The second kappa shape index (κ2) is 24.8. The number of hydrogen-bond acceptors (Lipinski definition) is 6. The molecule has 4 amide bonds. The molecule has 9 aromatic rings. The Morgan fingerprint density at radius 3 is 1.24 bits per heavy atom. The minimum absolute atomic E-state index is 0.233. The van der Waals surface area contributed by atoms with Crippen LogP contribution < -0.4 is 14.4 Å². The van der Waals surface area contributed by atoms with Crippen LogP contribution in [0.2, 0.25) is 0 Å². The second-order valence-electron chi connectivity index (χ2n) is 31.6. The van der Waals surface area contributed by atoms with E-state index in [1.54, 1.807) is 0 Å². The molecular formula is C85H98N2O6. The van der Waals surface area contributed by atoms with Crippen LogP contribution in [-0.4, -0.2) is 35.1 Å². The lowest BCUT2D eigenvalue weighted by atomic mass is 9.70. The summed E-state index contributed by atoms with van der Waals surface area (Å²) in [6.45, 7) is 33.5. The van der Waals surface area contributed by atoms with Crippen molar-refractivity contribution in [3.05, 3.63) is 171 Å². The molecule has 0 aromatic heterocycles. The van der Waals surface area contributed by atoms with E-state index >= 15 is 19.2 Å². The molecule has 484 valence electrons. The Balaban J connectivity index is 1.13. The highest BCUT2D eigenvalue weighted by molar-refractivity contribution is 6.45. The van der Waals surface area contributed by atoms with Crippen LogP contribution in [0.25, 0.3) is 54.2 Å². The minimum atomic E-state index is -0.435. The number of unbranched alkanes of at least 4 members (excludes halogenated alkanes) is 11. The summed E-state index contributed by atoms with van der Waals surface area (Å²) < 4.78 is 14.9. The number of ether oxygens (including phenoxy) is 2. The van der Waals surface area contributed by atoms with Crippen molar-refractivity contribution in [2.24, 2.45) is 0 Å². The van der Waals surface area contributed by atoms with Gasteiger partial charge in [-0.15, -0.1) is 0 Å². The van der Waals surface area contributed by atoms with E-state index in [0.717, 1.165) is 106 Å². The number of carbonyl (C=O) groups is 4. The van der Waals surface area contributed by atoms with Gasteiger partial charge in [-0.1, -0.05) is 242 Å². The van der Waals surface area contributed by atoms with E-state index in [2.05, 4.69) is 177 Å². The molecule has 0 fully saturated rings. The van der Waals surface area contributed by atoms with E-state index in [-0.39, 0.29) is 38.9 Å². The van der Waals surface area contributed by atoms with Crippen molar-refractivity contribution in [2.45, 2.75) is 234 Å². The summed E-state index contributed by atoms with van der Waals surface area (Å²) in [5, 5.41) is 5.21. The van der Waals surface area contributed by atoms with E-state index in [1.807, 2.05) is 42.5 Å². The fourth-order valence-corrected chi connectivity index (χ4v) is 15.3. The summed E-state index contributed by atoms with van der Waals surface area (Å²) in [7, 11) is 0. The Hall–Kier alpha value is -7.84. The zero-order valence-corrected chi connectivity index (χ0v) is 58.3. The van der Waals surface area contributed by atoms with Crippen LogP contribution in [0.5, 0.6) is 23.0 Å². The third kappa shape index (κ3) is 11.7. The summed E-state index contributed by atoms with van der Waals surface area (Å²) in [4.78, 5) is 65.9. The minimum Gasteiger partial charge on any atom is -0.457 e. The molecule has 0 saturated carbocycles. The van der Waals surface area contributed by atoms with Gasteiger partial charge < -0.3 is 9.47 Å². The Morgan fingerprint density at radius 1 is 0.355 bits per heavy atom. The van der Waals surface area contributed by atoms with Gasteiger partial charge >= 0.3 is 0 Å². The monoisotopic (exact) mass is 1240 g/mol. The van der Waals surface area contributed by atoms with E-state index < -0.39 is 11.8 Å². The third-order valence-corrected chi connectivity index (χ3v) is 20.7. The molecule has 0 unspecified atom stereocenters. The molecule has 0 saturated heterocycles. The van der Waals surface area contributed by atoms with Crippen LogP contribution >= 0.6 is 0 Å². The van der Waals surface area contributed by atoms with Crippen LogP contribution in [0.1, 0.15) is 281 Å². The number of amides is 4. The van der Waals surface area contributed by atoms with Gasteiger partial charge in [0.2, 0.25) is 0 Å². The number of benzene rings is 9. The standard InChI is InChI=1S/C85H98N2O6/c1-16-19-22-25-26-31-42-86-77(88)63-38-36-61-74-70(93-58-47-54(83(10,11)12)44-55(48-58)84(13,14)15)51-66-72-64(39-37-62(76(72)74)73-69(50-65(78(86)89)71(63)75(61)73)92-57-45-52(81(4,5)6)43-53(46-57)82(7,8)9)79(90)87(80(66)91)56-34-35-60-59-32-27-28-33-67(59)85(68(60)49-56,40-29-23-20-17-2)41-30-24-21-18-3/h27-28,32-39,43-51H,16-26,29-31,40-42H2,1-15H3. The van der Waals surface area contributed by atoms with Crippen molar-refractivity contribution in [1.29, 1.82) is 0 Å². The third-order valence-electron chi connectivity index (χ3n) is 20.7. The Morgan fingerprint density at radius 2 is 0.753 bits per heavy atom. The Labute approximate surface area is 553 Å². The fraction of sp³-hybridized carbons (Fsp3) is 0.435. The van der Waals surface area contributed by atoms with Gasteiger partial charge in [0.05, 0.1) is 16.8 Å². The molecule has 8 nitrogen and oxygen atoms in total.